The highest BCUT2D eigenvalue weighted by atomic mass is 19.4. The fraction of sp³-hybridized carbons (Fsp3) is 0.385. The van der Waals surface area contributed by atoms with E-state index in [1.165, 1.54) is 23.3 Å². The van der Waals surface area contributed by atoms with Crippen molar-refractivity contribution in [2.75, 3.05) is 31.2 Å². The Hall–Kier alpha value is -2.09. The topological polar surface area (TPSA) is 43.2 Å². The maximum Gasteiger partial charge on any atom is 0.416 e. The predicted molar refractivity (Wildman–Crippen MR) is 69.4 cm³/mol. The van der Waals surface area contributed by atoms with Gasteiger partial charge in [-0.25, -0.2) is 0 Å². The van der Waals surface area contributed by atoms with Crippen LogP contribution in [0.5, 0.6) is 0 Å². The van der Waals surface area contributed by atoms with E-state index in [4.69, 9.17) is 4.74 Å². The van der Waals surface area contributed by atoms with Crippen LogP contribution in [0.4, 0.5) is 18.9 Å². The van der Waals surface area contributed by atoms with Crippen LogP contribution in [0, 0.1) is 0 Å². The van der Waals surface area contributed by atoms with E-state index >= 15 is 0 Å². The number of alkyl halides is 3. The highest BCUT2D eigenvalue weighted by molar-refractivity contribution is 5.64. The van der Waals surface area contributed by atoms with E-state index in [-0.39, 0.29) is 0 Å². The van der Waals surface area contributed by atoms with Crippen LogP contribution in [0.1, 0.15) is 5.56 Å². The number of hydrogen-bond donors (Lipinski definition) is 0. The van der Waals surface area contributed by atoms with Gasteiger partial charge in [-0.2, -0.15) is 13.2 Å². The lowest BCUT2D eigenvalue weighted by Crippen LogP contribution is -2.36. The van der Waals surface area contributed by atoms with E-state index < -0.39 is 11.7 Å². The summed E-state index contributed by atoms with van der Waals surface area (Å²) in [5, 5.41) is 7.33. The molecule has 0 N–H and O–H groups in total. The zero-order chi connectivity index (χ0) is 14.9. The molecule has 21 heavy (non-hydrogen) atoms. The van der Waals surface area contributed by atoms with Crippen LogP contribution < -0.4 is 4.90 Å². The van der Waals surface area contributed by atoms with Gasteiger partial charge in [0, 0.05) is 13.1 Å². The first-order valence-corrected chi connectivity index (χ1v) is 6.44. The second kappa shape index (κ2) is 5.36. The van der Waals surface area contributed by atoms with Crippen LogP contribution in [0.3, 0.4) is 0 Å². The minimum absolute atomic E-state index is 0.414. The van der Waals surface area contributed by atoms with Crippen molar-refractivity contribution in [1.82, 2.24) is 14.8 Å². The van der Waals surface area contributed by atoms with E-state index in [1.807, 2.05) is 4.90 Å². The van der Waals surface area contributed by atoms with E-state index in [1.54, 1.807) is 0 Å². The molecule has 0 amide bonds. The zero-order valence-corrected chi connectivity index (χ0v) is 11.0. The van der Waals surface area contributed by atoms with Gasteiger partial charge in [0.1, 0.15) is 12.7 Å². The lowest BCUT2D eigenvalue weighted by Gasteiger charge is -2.30. The molecule has 112 valence electrons. The van der Waals surface area contributed by atoms with Crippen LogP contribution in [0.25, 0.3) is 5.69 Å². The van der Waals surface area contributed by atoms with Crippen molar-refractivity contribution in [3.8, 4) is 5.69 Å². The van der Waals surface area contributed by atoms with Crippen molar-refractivity contribution in [2.24, 2.45) is 0 Å². The van der Waals surface area contributed by atoms with Crippen LogP contribution in [-0.2, 0) is 10.9 Å². The molecule has 0 spiro atoms. The minimum atomic E-state index is -4.38. The smallest absolute Gasteiger partial charge is 0.378 e. The summed E-state index contributed by atoms with van der Waals surface area (Å²) in [5.74, 6) is 0. The molecule has 0 saturated carbocycles. The Balaban J connectivity index is 2.06. The van der Waals surface area contributed by atoms with Gasteiger partial charge in [0.15, 0.2) is 0 Å². The molecule has 1 aromatic heterocycles. The van der Waals surface area contributed by atoms with Gasteiger partial charge in [-0.05, 0) is 18.2 Å². The van der Waals surface area contributed by atoms with Crippen molar-refractivity contribution >= 4 is 5.69 Å². The summed E-state index contributed by atoms with van der Waals surface area (Å²) in [6.45, 7) is 2.40. The number of aromatic nitrogens is 3. The highest BCUT2D eigenvalue weighted by Crippen LogP contribution is 2.34. The molecule has 1 fully saturated rings. The number of benzene rings is 1. The summed E-state index contributed by atoms with van der Waals surface area (Å²) < 4.78 is 45.5. The third kappa shape index (κ3) is 2.85. The third-order valence-electron chi connectivity index (χ3n) is 3.35. The Kier molecular flexibility index (Phi) is 3.54. The number of ether oxygens (including phenoxy) is 1. The number of morpholine rings is 1. The standard InChI is InChI=1S/C13H13F3N4O/c14-13(15,16)10-1-2-11(19-3-5-21-6-4-19)12(7-10)20-8-17-18-9-20/h1-2,7-9H,3-6H2. The molecule has 2 aromatic rings. The molecule has 2 heterocycles. The lowest BCUT2D eigenvalue weighted by atomic mass is 10.1. The van der Waals surface area contributed by atoms with Crippen LogP contribution in [0.15, 0.2) is 30.9 Å². The average molecular weight is 298 g/mol. The Morgan fingerprint density at radius 2 is 1.67 bits per heavy atom. The predicted octanol–water partition coefficient (Wildman–Crippen LogP) is 2.12. The molecular weight excluding hydrogens is 285 g/mol. The summed E-state index contributed by atoms with van der Waals surface area (Å²) in [5.41, 5.74) is 0.436. The van der Waals surface area contributed by atoms with Crippen molar-refractivity contribution in [3.63, 3.8) is 0 Å². The molecule has 8 heteroatoms. The Bertz CT molecular complexity index is 606. The van der Waals surface area contributed by atoms with Crippen LogP contribution >= 0.6 is 0 Å². The fourth-order valence-corrected chi connectivity index (χ4v) is 2.30. The molecule has 0 atom stereocenters. The zero-order valence-electron chi connectivity index (χ0n) is 11.0. The quantitative estimate of drug-likeness (QED) is 0.852. The van der Waals surface area contributed by atoms with Gasteiger partial charge in [0.2, 0.25) is 0 Å². The van der Waals surface area contributed by atoms with Gasteiger partial charge >= 0.3 is 6.18 Å². The summed E-state index contributed by atoms with van der Waals surface area (Å²) in [6.07, 6.45) is -1.61. The molecule has 0 unspecified atom stereocenters. The summed E-state index contributed by atoms with van der Waals surface area (Å²) >= 11 is 0. The molecule has 0 aliphatic carbocycles. The van der Waals surface area contributed by atoms with Gasteiger partial charge in [-0.15, -0.1) is 10.2 Å². The highest BCUT2D eigenvalue weighted by Gasteiger charge is 2.31. The average Bonchev–Trinajstić information content (AvgIpc) is 3.01. The number of rotatable bonds is 2. The maximum atomic E-state index is 12.9. The number of hydrogen-bond acceptors (Lipinski definition) is 4. The van der Waals surface area contributed by atoms with Gasteiger partial charge in [0.25, 0.3) is 0 Å². The normalized spacial score (nSPS) is 16.2. The molecular formula is C13H13F3N4O. The Morgan fingerprint density at radius 1 is 1.00 bits per heavy atom. The number of halogens is 3. The van der Waals surface area contributed by atoms with Gasteiger partial charge in [-0.3, -0.25) is 4.57 Å². The fourth-order valence-electron chi connectivity index (χ4n) is 2.30. The summed E-state index contributed by atoms with van der Waals surface area (Å²) in [7, 11) is 0. The first kappa shape index (κ1) is 13.9. The first-order chi connectivity index (χ1) is 10.1. The van der Waals surface area contributed by atoms with Crippen LogP contribution in [-0.4, -0.2) is 41.1 Å². The van der Waals surface area contributed by atoms with E-state index in [0.717, 1.165) is 12.1 Å². The van der Waals surface area contributed by atoms with E-state index in [9.17, 15) is 13.2 Å². The van der Waals surface area contributed by atoms with E-state index in [0.29, 0.717) is 37.7 Å². The molecule has 1 aromatic carbocycles. The Morgan fingerprint density at radius 3 is 2.29 bits per heavy atom. The molecule has 3 rings (SSSR count). The van der Waals surface area contributed by atoms with Crippen LogP contribution in [0.2, 0.25) is 0 Å². The largest absolute Gasteiger partial charge is 0.416 e. The first-order valence-electron chi connectivity index (χ1n) is 6.44. The molecule has 5 nitrogen and oxygen atoms in total. The monoisotopic (exact) mass is 298 g/mol. The van der Waals surface area contributed by atoms with Crippen molar-refractivity contribution in [1.29, 1.82) is 0 Å². The second-order valence-corrected chi connectivity index (χ2v) is 4.67. The Labute approximate surface area is 119 Å². The number of nitrogens with zero attached hydrogens (tertiary/aromatic N) is 4. The van der Waals surface area contributed by atoms with Crippen molar-refractivity contribution in [2.45, 2.75) is 6.18 Å². The molecule has 0 radical (unpaired) electrons. The minimum Gasteiger partial charge on any atom is -0.378 e. The second-order valence-electron chi connectivity index (χ2n) is 4.67. The maximum absolute atomic E-state index is 12.9. The van der Waals surface area contributed by atoms with Gasteiger partial charge in [0.05, 0.1) is 30.2 Å². The SMILES string of the molecule is FC(F)(F)c1ccc(N2CCOCC2)c(-n2cnnc2)c1. The van der Waals surface area contributed by atoms with E-state index in [2.05, 4.69) is 10.2 Å². The van der Waals surface area contributed by atoms with Gasteiger partial charge in [-0.1, -0.05) is 0 Å². The molecule has 1 aliphatic rings. The molecule has 1 saturated heterocycles. The molecule has 0 bridgehead atoms. The van der Waals surface area contributed by atoms with Crippen molar-refractivity contribution < 1.29 is 17.9 Å². The van der Waals surface area contributed by atoms with Crippen molar-refractivity contribution in [3.05, 3.63) is 36.4 Å². The summed E-state index contributed by atoms with van der Waals surface area (Å²) in [6, 6.07) is 3.70. The summed E-state index contributed by atoms with van der Waals surface area (Å²) in [4.78, 5) is 2.00. The number of anilines is 1. The molecule has 1 aliphatic heterocycles. The lowest BCUT2D eigenvalue weighted by molar-refractivity contribution is -0.137. The van der Waals surface area contributed by atoms with Gasteiger partial charge < -0.3 is 9.64 Å². The third-order valence-corrected chi connectivity index (χ3v) is 3.35.